The van der Waals surface area contributed by atoms with Crippen LogP contribution in [0.25, 0.3) is 0 Å². The molecule has 5 nitrogen and oxygen atoms in total. The average molecular weight is 375 g/mol. The van der Waals surface area contributed by atoms with Crippen LogP contribution < -0.4 is 5.32 Å². The summed E-state index contributed by atoms with van der Waals surface area (Å²) in [6.07, 6.45) is 0. The van der Waals surface area contributed by atoms with E-state index in [9.17, 15) is 22.0 Å². The van der Waals surface area contributed by atoms with Crippen molar-refractivity contribution < 1.29 is 22.0 Å². The maximum absolute atomic E-state index is 13.8. The van der Waals surface area contributed by atoms with Gasteiger partial charge in [0.05, 0.1) is 10.7 Å². The minimum atomic E-state index is -4.07. The molecular weight excluding hydrogens is 362 g/mol. The Labute approximate surface area is 142 Å². The van der Waals surface area contributed by atoms with E-state index in [0.29, 0.717) is 0 Å². The second kappa shape index (κ2) is 6.84. The van der Waals surface area contributed by atoms with Gasteiger partial charge in [-0.2, -0.15) is 0 Å². The molecule has 128 valence electrons. The third kappa shape index (κ3) is 3.55. The predicted octanol–water partition coefficient (Wildman–Crippen LogP) is 3.12. The summed E-state index contributed by atoms with van der Waals surface area (Å²) in [5.74, 6) is -2.61. The molecule has 1 N–H and O–H groups in total. The van der Waals surface area contributed by atoms with E-state index < -0.39 is 32.5 Å². The maximum Gasteiger partial charge on any atom is 0.255 e. The largest absolute Gasteiger partial charge is 0.319 e. The van der Waals surface area contributed by atoms with Crippen LogP contribution in [0.4, 0.5) is 14.5 Å². The fourth-order valence-corrected chi connectivity index (χ4v) is 2.99. The molecule has 24 heavy (non-hydrogen) atoms. The lowest BCUT2D eigenvalue weighted by Crippen LogP contribution is -2.24. The van der Waals surface area contributed by atoms with Crippen LogP contribution in [0.1, 0.15) is 10.4 Å². The molecule has 2 rings (SSSR count). The van der Waals surface area contributed by atoms with Gasteiger partial charge in [-0.1, -0.05) is 17.7 Å². The fourth-order valence-electron chi connectivity index (χ4n) is 1.83. The zero-order chi connectivity index (χ0) is 18.1. The smallest absolute Gasteiger partial charge is 0.255 e. The first-order valence-electron chi connectivity index (χ1n) is 6.62. The Balaban J connectivity index is 2.40. The van der Waals surface area contributed by atoms with Gasteiger partial charge in [0.2, 0.25) is 10.0 Å². The maximum atomic E-state index is 13.8. The summed E-state index contributed by atoms with van der Waals surface area (Å²) in [6, 6.07) is 6.89. The molecule has 1 amide bonds. The highest BCUT2D eigenvalue weighted by Crippen LogP contribution is 2.24. The number of nitrogens with zero attached hydrogens (tertiary/aromatic N) is 1. The minimum absolute atomic E-state index is 0.142. The number of rotatable bonds is 4. The van der Waals surface area contributed by atoms with Gasteiger partial charge in [0, 0.05) is 19.7 Å². The van der Waals surface area contributed by atoms with Crippen LogP contribution in [-0.4, -0.2) is 32.7 Å². The van der Waals surface area contributed by atoms with E-state index in [1.54, 1.807) is 0 Å². The van der Waals surface area contributed by atoms with Crippen LogP contribution in [0.5, 0.6) is 0 Å². The quantitative estimate of drug-likeness (QED) is 0.894. The van der Waals surface area contributed by atoms with Crippen molar-refractivity contribution in [3.05, 3.63) is 58.6 Å². The molecule has 2 aromatic rings. The number of benzene rings is 2. The molecular formula is C15H13ClF2N2O3S. The van der Waals surface area contributed by atoms with Gasteiger partial charge in [-0.15, -0.1) is 0 Å². The number of hydrogen-bond donors (Lipinski definition) is 1. The van der Waals surface area contributed by atoms with Crippen LogP contribution >= 0.6 is 11.6 Å². The van der Waals surface area contributed by atoms with E-state index in [1.807, 2.05) is 0 Å². The van der Waals surface area contributed by atoms with E-state index in [-0.39, 0.29) is 16.3 Å². The molecule has 2 aromatic carbocycles. The van der Waals surface area contributed by atoms with E-state index in [0.717, 1.165) is 22.5 Å². The Morgan fingerprint density at radius 2 is 1.83 bits per heavy atom. The second-order valence-corrected chi connectivity index (χ2v) is 7.52. The number of carbonyl (C=O) groups excluding carboxylic acids is 1. The predicted molar refractivity (Wildman–Crippen MR) is 86.6 cm³/mol. The lowest BCUT2D eigenvalue weighted by Gasteiger charge is -2.13. The van der Waals surface area contributed by atoms with Gasteiger partial charge in [-0.3, -0.25) is 4.79 Å². The third-order valence-corrected chi connectivity index (χ3v) is 5.27. The van der Waals surface area contributed by atoms with Crippen LogP contribution in [-0.2, 0) is 10.0 Å². The average Bonchev–Trinajstić information content (AvgIpc) is 2.51. The van der Waals surface area contributed by atoms with Gasteiger partial charge in [0.15, 0.2) is 5.82 Å². The van der Waals surface area contributed by atoms with E-state index in [2.05, 4.69) is 5.32 Å². The van der Waals surface area contributed by atoms with Crippen LogP contribution in [0.3, 0.4) is 0 Å². The zero-order valence-corrected chi connectivity index (χ0v) is 14.3. The molecule has 0 aliphatic carbocycles. The minimum Gasteiger partial charge on any atom is -0.319 e. The third-order valence-electron chi connectivity index (χ3n) is 3.15. The molecule has 0 atom stereocenters. The molecule has 0 heterocycles. The molecule has 0 aromatic heterocycles. The van der Waals surface area contributed by atoms with Gasteiger partial charge >= 0.3 is 0 Å². The first-order valence-corrected chi connectivity index (χ1v) is 8.44. The van der Waals surface area contributed by atoms with Gasteiger partial charge in [0.25, 0.3) is 5.91 Å². The summed E-state index contributed by atoms with van der Waals surface area (Å²) < 4.78 is 52.6. The normalized spacial score (nSPS) is 11.6. The van der Waals surface area contributed by atoms with Crippen molar-refractivity contribution in [3.8, 4) is 0 Å². The molecule has 0 fully saturated rings. The first-order chi connectivity index (χ1) is 11.1. The Morgan fingerprint density at radius 3 is 2.46 bits per heavy atom. The monoisotopic (exact) mass is 374 g/mol. The topological polar surface area (TPSA) is 66.5 Å². The summed E-state index contributed by atoms with van der Waals surface area (Å²) in [6.45, 7) is 0. The fraction of sp³-hybridized carbons (Fsp3) is 0.133. The van der Waals surface area contributed by atoms with Crippen LogP contribution in [0.15, 0.2) is 41.3 Å². The van der Waals surface area contributed by atoms with Crippen molar-refractivity contribution in [2.45, 2.75) is 4.90 Å². The lowest BCUT2D eigenvalue weighted by molar-refractivity contribution is 0.102. The highest BCUT2D eigenvalue weighted by atomic mass is 35.5. The van der Waals surface area contributed by atoms with Crippen LogP contribution in [0.2, 0.25) is 5.02 Å². The number of amides is 1. The van der Waals surface area contributed by atoms with E-state index in [4.69, 9.17) is 11.6 Å². The number of hydrogen-bond acceptors (Lipinski definition) is 3. The van der Waals surface area contributed by atoms with Crippen molar-refractivity contribution in [3.63, 3.8) is 0 Å². The summed E-state index contributed by atoms with van der Waals surface area (Å²) in [5.41, 5.74) is -0.315. The zero-order valence-electron chi connectivity index (χ0n) is 12.7. The molecule has 0 unspecified atom stereocenters. The second-order valence-electron chi connectivity index (χ2n) is 4.99. The van der Waals surface area contributed by atoms with Gasteiger partial charge < -0.3 is 5.32 Å². The molecule has 0 aliphatic heterocycles. The van der Waals surface area contributed by atoms with Crippen molar-refractivity contribution in [2.75, 3.05) is 19.4 Å². The van der Waals surface area contributed by atoms with E-state index >= 15 is 0 Å². The number of anilines is 1. The molecule has 0 aliphatic rings. The summed E-state index contributed by atoms with van der Waals surface area (Å²) in [4.78, 5) is 11.5. The number of halogens is 3. The Bertz CT molecular complexity index is 902. The summed E-state index contributed by atoms with van der Waals surface area (Å²) >= 11 is 5.62. The molecule has 0 bridgehead atoms. The summed E-state index contributed by atoms with van der Waals surface area (Å²) in [5, 5.41) is 2.09. The van der Waals surface area contributed by atoms with Gasteiger partial charge in [-0.05, 0) is 30.3 Å². The van der Waals surface area contributed by atoms with Crippen molar-refractivity contribution in [1.82, 2.24) is 4.31 Å². The van der Waals surface area contributed by atoms with Crippen molar-refractivity contribution in [1.29, 1.82) is 0 Å². The van der Waals surface area contributed by atoms with Gasteiger partial charge in [-0.25, -0.2) is 21.5 Å². The molecule has 0 saturated heterocycles. The number of sulfonamides is 1. The number of carbonyl (C=O) groups is 1. The molecule has 0 radical (unpaired) electrons. The molecule has 9 heteroatoms. The Hall–Kier alpha value is -2.03. The van der Waals surface area contributed by atoms with Crippen molar-refractivity contribution in [2.24, 2.45) is 0 Å². The van der Waals surface area contributed by atoms with Crippen molar-refractivity contribution >= 4 is 33.2 Å². The Morgan fingerprint density at radius 1 is 1.17 bits per heavy atom. The molecule has 0 saturated carbocycles. The highest BCUT2D eigenvalue weighted by molar-refractivity contribution is 7.89. The van der Waals surface area contributed by atoms with Crippen LogP contribution in [0, 0.1) is 11.6 Å². The van der Waals surface area contributed by atoms with E-state index in [1.165, 1.54) is 32.3 Å². The first kappa shape index (κ1) is 18.3. The van der Waals surface area contributed by atoms with Gasteiger partial charge in [0.1, 0.15) is 10.7 Å². The standard InChI is InChI=1S/C15H13ClF2N2O3S/c1-20(2)24(22,23)13-8-9(6-7-11(13)17)15(21)19-12-5-3-4-10(16)14(12)18/h3-8H,1-2H3,(H,19,21). The lowest BCUT2D eigenvalue weighted by atomic mass is 10.2. The Kier molecular flexibility index (Phi) is 5.22. The highest BCUT2D eigenvalue weighted by Gasteiger charge is 2.23. The number of nitrogens with one attached hydrogen (secondary N) is 1. The SMILES string of the molecule is CN(C)S(=O)(=O)c1cc(C(=O)Nc2cccc(Cl)c2F)ccc1F. The summed E-state index contributed by atoms with van der Waals surface area (Å²) in [7, 11) is -1.59. The molecule has 0 spiro atoms.